The summed E-state index contributed by atoms with van der Waals surface area (Å²) < 4.78 is 5.76. The van der Waals surface area contributed by atoms with E-state index in [0.29, 0.717) is 13.0 Å². The van der Waals surface area contributed by atoms with Crippen LogP contribution in [-0.4, -0.2) is 17.7 Å². The topological polar surface area (TPSA) is 70.3 Å². The summed E-state index contributed by atoms with van der Waals surface area (Å²) in [5.74, 6) is -0.458. The van der Waals surface area contributed by atoms with Crippen molar-refractivity contribution in [3.05, 3.63) is 64.7 Å². The molecular formula is C19H19NO3. The van der Waals surface area contributed by atoms with Crippen LogP contribution in [0.25, 0.3) is 0 Å². The van der Waals surface area contributed by atoms with E-state index in [-0.39, 0.29) is 11.5 Å². The fourth-order valence-corrected chi connectivity index (χ4v) is 2.41. The summed E-state index contributed by atoms with van der Waals surface area (Å²) >= 11 is 0. The van der Waals surface area contributed by atoms with Crippen LogP contribution in [0.4, 0.5) is 0 Å². The van der Waals surface area contributed by atoms with Gasteiger partial charge in [-0.1, -0.05) is 29.8 Å². The summed E-state index contributed by atoms with van der Waals surface area (Å²) in [6, 6.07) is 14.7. The van der Waals surface area contributed by atoms with Crippen molar-refractivity contribution in [1.82, 2.24) is 0 Å². The average Bonchev–Trinajstić information content (AvgIpc) is 2.53. The zero-order valence-corrected chi connectivity index (χ0v) is 13.2. The third-order valence-corrected chi connectivity index (χ3v) is 3.71. The summed E-state index contributed by atoms with van der Waals surface area (Å²) in [6.07, 6.45) is 0.552. The molecule has 0 fully saturated rings. The molecule has 0 aliphatic rings. The van der Waals surface area contributed by atoms with Gasteiger partial charge in [0.1, 0.15) is 5.75 Å². The number of aromatic carboxylic acids is 1. The van der Waals surface area contributed by atoms with E-state index in [1.165, 1.54) is 17.7 Å². The Morgan fingerprint density at radius 3 is 2.48 bits per heavy atom. The molecular weight excluding hydrogens is 290 g/mol. The molecule has 0 aliphatic heterocycles. The molecule has 4 heteroatoms. The largest absolute Gasteiger partial charge is 0.493 e. The number of benzene rings is 2. The smallest absolute Gasteiger partial charge is 0.335 e. The van der Waals surface area contributed by atoms with E-state index in [1.807, 2.05) is 26.0 Å². The molecule has 0 aromatic heterocycles. The summed E-state index contributed by atoms with van der Waals surface area (Å²) in [7, 11) is 0. The first-order valence-corrected chi connectivity index (χ1v) is 7.44. The summed E-state index contributed by atoms with van der Waals surface area (Å²) in [5.41, 5.74) is 3.28. The van der Waals surface area contributed by atoms with Gasteiger partial charge in [0.05, 0.1) is 24.2 Å². The predicted octanol–water partition coefficient (Wildman–Crippen LogP) is 4.08. The van der Waals surface area contributed by atoms with Gasteiger partial charge in [0, 0.05) is 6.42 Å². The monoisotopic (exact) mass is 309 g/mol. The highest BCUT2D eigenvalue weighted by molar-refractivity contribution is 5.87. The van der Waals surface area contributed by atoms with Crippen LogP contribution in [-0.2, 0) is 0 Å². The van der Waals surface area contributed by atoms with Crippen molar-refractivity contribution in [2.24, 2.45) is 0 Å². The molecule has 0 radical (unpaired) electrons. The van der Waals surface area contributed by atoms with Gasteiger partial charge in [0.2, 0.25) is 0 Å². The lowest BCUT2D eigenvalue weighted by Gasteiger charge is -2.13. The molecule has 0 aliphatic carbocycles. The Bertz CT molecular complexity index is 729. The minimum Gasteiger partial charge on any atom is -0.493 e. The van der Waals surface area contributed by atoms with E-state index in [2.05, 4.69) is 12.1 Å². The third kappa shape index (κ3) is 4.33. The Kier molecular flexibility index (Phi) is 5.37. The normalized spacial score (nSPS) is 11.5. The molecule has 0 amide bonds. The van der Waals surface area contributed by atoms with E-state index in [0.717, 1.165) is 16.9 Å². The van der Waals surface area contributed by atoms with E-state index in [1.54, 1.807) is 12.1 Å². The molecule has 4 nitrogen and oxygen atoms in total. The van der Waals surface area contributed by atoms with Crippen LogP contribution in [0.2, 0.25) is 0 Å². The van der Waals surface area contributed by atoms with Gasteiger partial charge in [-0.15, -0.1) is 0 Å². The highest BCUT2D eigenvalue weighted by Crippen LogP contribution is 2.22. The Balaban J connectivity index is 1.97. The Morgan fingerprint density at radius 1 is 1.22 bits per heavy atom. The fourth-order valence-electron chi connectivity index (χ4n) is 2.41. The zero-order valence-electron chi connectivity index (χ0n) is 13.2. The number of ether oxygens (including phenoxy) is 1. The molecule has 1 atom stereocenters. The Morgan fingerprint density at radius 2 is 1.91 bits per heavy atom. The van der Waals surface area contributed by atoms with Crippen molar-refractivity contribution in [1.29, 1.82) is 5.26 Å². The second-order valence-corrected chi connectivity index (χ2v) is 5.51. The first-order chi connectivity index (χ1) is 11.0. The lowest BCUT2D eigenvalue weighted by Crippen LogP contribution is -2.06. The van der Waals surface area contributed by atoms with Crippen LogP contribution < -0.4 is 4.74 Å². The number of hydrogen-bond donors (Lipinski definition) is 1. The minimum atomic E-state index is -0.969. The van der Waals surface area contributed by atoms with Crippen molar-refractivity contribution in [3.8, 4) is 11.8 Å². The lowest BCUT2D eigenvalue weighted by atomic mass is 9.96. The van der Waals surface area contributed by atoms with Crippen LogP contribution in [0.15, 0.2) is 42.5 Å². The molecule has 2 aromatic rings. The van der Waals surface area contributed by atoms with Crippen molar-refractivity contribution < 1.29 is 14.6 Å². The maximum absolute atomic E-state index is 10.9. The number of carboxylic acids is 1. The highest BCUT2D eigenvalue weighted by atomic mass is 16.5. The van der Waals surface area contributed by atoms with Crippen molar-refractivity contribution in [3.63, 3.8) is 0 Å². The van der Waals surface area contributed by atoms with Crippen molar-refractivity contribution in [2.45, 2.75) is 26.2 Å². The fraction of sp³-hybridized carbons (Fsp3) is 0.263. The van der Waals surface area contributed by atoms with E-state index in [9.17, 15) is 10.1 Å². The standard InChI is InChI=1S/C19H19NO3/c1-13-3-8-18(14(2)11-13)23-10-9-17(12-20)15-4-6-16(7-5-15)19(21)22/h3-8,11,17H,9-10H2,1-2H3,(H,21,22). The van der Waals surface area contributed by atoms with E-state index >= 15 is 0 Å². The van der Waals surface area contributed by atoms with Crippen molar-refractivity contribution in [2.75, 3.05) is 6.61 Å². The summed E-state index contributed by atoms with van der Waals surface area (Å²) in [4.78, 5) is 10.9. The number of hydrogen-bond acceptors (Lipinski definition) is 3. The third-order valence-electron chi connectivity index (χ3n) is 3.71. The van der Waals surface area contributed by atoms with Gasteiger partial charge in [-0.2, -0.15) is 5.26 Å². The van der Waals surface area contributed by atoms with Gasteiger partial charge < -0.3 is 9.84 Å². The maximum atomic E-state index is 10.9. The quantitative estimate of drug-likeness (QED) is 0.873. The summed E-state index contributed by atoms with van der Waals surface area (Å²) in [6.45, 7) is 4.46. The first kappa shape index (κ1) is 16.6. The molecule has 0 spiro atoms. The van der Waals surface area contributed by atoms with Gasteiger partial charge in [0.15, 0.2) is 0 Å². The molecule has 0 saturated heterocycles. The summed E-state index contributed by atoms with van der Waals surface area (Å²) in [5, 5.41) is 18.2. The second-order valence-electron chi connectivity index (χ2n) is 5.51. The Hall–Kier alpha value is -2.80. The number of nitrogens with zero attached hydrogens (tertiary/aromatic N) is 1. The van der Waals surface area contributed by atoms with Gasteiger partial charge in [0.25, 0.3) is 0 Å². The number of rotatable bonds is 6. The molecule has 2 rings (SSSR count). The zero-order chi connectivity index (χ0) is 16.8. The molecule has 118 valence electrons. The highest BCUT2D eigenvalue weighted by Gasteiger charge is 2.12. The van der Waals surface area contributed by atoms with Crippen LogP contribution in [0.3, 0.4) is 0 Å². The van der Waals surface area contributed by atoms with Crippen LogP contribution in [0, 0.1) is 25.2 Å². The van der Waals surface area contributed by atoms with Gasteiger partial charge in [-0.05, 0) is 43.2 Å². The molecule has 1 unspecified atom stereocenters. The first-order valence-electron chi connectivity index (χ1n) is 7.44. The molecule has 23 heavy (non-hydrogen) atoms. The second kappa shape index (κ2) is 7.46. The van der Waals surface area contributed by atoms with Gasteiger partial charge in [-0.3, -0.25) is 0 Å². The van der Waals surface area contributed by atoms with Crippen LogP contribution in [0.5, 0.6) is 5.75 Å². The molecule has 0 saturated carbocycles. The SMILES string of the molecule is Cc1ccc(OCCC(C#N)c2ccc(C(=O)O)cc2)c(C)c1. The minimum absolute atomic E-state index is 0.219. The molecule has 2 aromatic carbocycles. The number of carbonyl (C=O) groups is 1. The van der Waals surface area contributed by atoms with Gasteiger partial charge >= 0.3 is 5.97 Å². The van der Waals surface area contributed by atoms with E-state index in [4.69, 9.17) is 9.84 Å². The number of carboxylic acid groups (broad SMARTS) is 1. The maximum Gasteiger partial charge on any atom is 0.335 e. The van der Waals surface area contributed by atoms with Crippen LogP contribution in [0.1, 0.15) is 39.4 Å². The van der Waals surface area contributed by atoms with Crippen molar-refractivity contribution >= 4 is 5.97 Å². The van der Waals surface area contributed by atoms with Gasteiger partial charge in [-0.25, -0.2) is 4.79 Å². The van der Waals surface area contributed by atoms with Crippen LogP contribution >= 0.6 is 0 Å². The average molecular weight is 309 g/mol. The number of nitriles is 1. The lowest BCUT2D eigenvalue weighted by molar-refractivity contribution is 0.0697. The Labute approximate surface area is 136 Å². The molecule has 0 heterocycles. The number of aryl methyl sites for hydroxylation is 2. The van der Waals surface area contributed by atoms with E-state index < -0.39 is 5.97 Å². The molecule has 1 N–H and O–H groups in total. The molecule has 0 bridgehead atoms. The predicted molar refractivity (Wildman–Crippen MR) is 87.8 cm³/mol.